The van der Waals surface area contributed by atoms with Gasteiger partial charge in [0.2, 0.25) is 0 Å². The van der Waals surface area contributed by atoms with Gasteiger partial charge in [-0.15, -0.1) is 0 Å². The summed E-state index contributed by atoms with van der Waals surface area (Å²) >= 11 is 0. The van der Waals surface area contributed by atoms with Crippen LogP contribution in [0.15, 0.2) is 72.8 Å². The quantitative estimate of drug-likeness (QED) is 0.621. The minimum absolute atomic E-state index is 0.215. The Labute approximate surface area is 169 Å². The number of aryl methyl sites for hydroxylation is 2. The fourth-order valence-electron chi connectivity index (χ4n) is 2.79. The molecule has 3 aromatic rings. The van der Waals surface area contributed by atoms with Crippen molar-refractivity contribution in [2.24, 2.45) is 0 Å². The summed E-state index contributed by atoms with van der Waals surface area (Å²) < 4.78 is 5.11. The summed E-state index contributed by atoms with van der Waals surface area (Å²) in [5.74, 6) is -1.46. The Hall–Kier alpha value is -3.73. The molecule has 146 valence electrons. The summed E-state index contributed by atoms with van der Waals surface area (Å²) in [4.78, 5) is 40.1. The first-order valence-corrected chi connectivity index (χ1v) is 9.11. The van der Waals surface area contributed by atoms with E-state index in [1.165, 1.54) is 19.2 Å². The first-order valence-electron chi connectivity index (χ1n) is 9.11. The molecule has 0 N–H and O–H groups in total. The number of hydrogen-bond acceptors (Lipinski definition) is 4. The molecule has 0 saturated heterocycles. The highest BCUT2D eigenvalue weighted by Gasteiger charge is 2.31. The van der Waals surface area contributed by atoms with Crippen molar-refractivity contribution in [1.82, 2.24) is 4.90 Å². The number of benzene rings is 3. The molecule has 0 atom stereocenters. The molecule has 5 nitrogen and oxygen atoms in total. The third-order valence-electron chi connectivity index (χ3n) is 4.54. The van der Waals surface area contributed by atoms with Crippen molar-refractivity contribution < 1.29 is 19.1 Å². The van der Waals surface area contributed by atoms with Gasteiger partial charge < -0.3 is 4.74 Å². The number of rotatable bonds is 4. The molecular weight excluding hydrogens is 366 g/mol. The predicted molar refractivity (Wildman–Crippen MR) is 110 cm³/mol. The Kier molecular flexibility index (Phi) is 5.88. The molecule has 5 heteroatoms. The molecule has 0 radical (unpaired) electrons. The predicted octanol–water partition coefficient (Wildman–Crippen LogP) is 4.44. The van der Waals surface area contributed by atoms with Gasteiger partial charge >= 0.3 is 0 Å². The third kappa shape index (κ3) is 4.41. The van der Waals surface area contributed by atoms with E-state index in [4.69, 9.17) is 4.74 Å². The van der Waals surface area contributed by atoms with Crippen molar-refractivity contribution in [1.29, 1.82) is 0 Å². The van der Waals surface area contributed by atoms with Crippen LogP contribution < -0.4 is 4.74 Å². The molecule has 0 aliphatic heterocycles. The minimum atomic E-state index is -0.691. The fraction of sp³-hybridized carbons (Fsp3) is 0.125. The molecule has 3 rings (SSSR count). The maximum atomic E-state index is 13.2. The van der Waals surface area contributed by atoms with Gasteiger partial charge in [-0.05, 0) is 62.4 Å². The average Bonchev–Trinajstić information content (AvgIpc) is 2.74. The number of carbonyl (C=O) groups excluding carboxylic acids is 3. The number of amides is 3. The number of hydrogen-bond donors (Lipinski definition) is 0. The molecule has 0 unspecified atom stereocenters. The van der Waals surface area contributed by atoms with Gasteiger partial charge in [0.05, 0.1) is 7.11 Å². The number of methoxy groups -OCH3 is 1. The van der Waals surface area contributed by atoms with Crippen LogP contribution in [-0.4, -0.2) is 29.7 Å². The van der Waals surface area contributed by atoms with Crippen molar-refractivity contribution in [2.45, 2.75) is 13.8 Å². The Bertz CT molecular complexity index is 978. The summed E-state index contributed by atoms with van der Waals surface area (Å²) in [6.45, 7) is 3.79. The van der Waals surface area contributed by atoms with Gasteiger partial charge in [0.1, 0.15) is 5.75 Å². The molecular formula is C24H21NO4. The van der Waals surface area contributed by atoms with Crippen LogP contribution in [0, 0.1) is 13.8 Å². The molecule has 0 aliphatic rings. The van der Waals surface area contributed by atoms with Crippen molar-refractivity contribution in [2.75, 3.05) is 7.11 Å². The van der Waals surface area contributed by atoms with Gasteiger partial charge in [-0.1, -0.05) is 35.4 Å². The van der Waals surface area contributed by atoms with E-state index in [2.05, 4.69) is 0 Å². The Morgan fingerprint density at radius 2 is 0.897 bits per heavy atom. The van der Waals surface area contributed by atoms with Gasteiger partial charge in [-0.25, -0.2) is 4.90 Å². The van der Waals surface area contributed by atoms with Crippen molar-refractivity contribution in [3.8, 4) is 5.75 Å². The highest BCUT2D eigenvalue weighted by molar-refractivity contribution is 6.24. The zero-order chi connectivity index (χ0) is 21.0. The smallest absolute Gasteiger partial charge is 0.267 e. The zero-order valence-electron chi connectivity index (χ0n) is 16.5. The lowest BCUT2D eigenvalue weighted by atomic mass is 10.1. The second-order valence-corrected chi connectivity index (χ2v) is 6.71. The van der Waals surface area contributed by atoms with Crippen LogP contribution >= 0.6 is 0 Å². The molecule has 0 bridgehead atoms. The highest BCUT2D eigenvalue weighted by atomic mass is 16.5. The SMILES string of the molecule is COc1ccc(C(=O)N(C(=O)c2ccc(C)cc2)C(=O)c2ccc(C)cc2)cc1. The summed E-state index contributed by atoms with van der Waals surface area (Å²) in [6, 6.07) is 19.7. The van der Waals surface area contributed by atoms with Gasteiger partial charge in [0, 0.05) is 16.7 Å². The van der Waals surface area contributed by atoms with E-state index < -0.39 is 17.7 Å². The second kappa shape index (κ2) is 8.52. The lowest BCUT2D eigenvalue weighted by Crippen LogP contribution is -2.42. The molecule has 0 heterocycles. The molecule has 0 aromatic heterocycles. The van der Waals surface area contributed by atoms with Crippen LogP contribution in [-0.2, 0) is 0 Å². The topological polar surface area (TPSA) is 63.7 Å². The summed E-state index contributed by atoms with van der Waals surface area (Å²) in [6.07, 6.45) is 0. The maximum Gasteiger partial charge on any atom is 0.267 e. The van der Waals surface area contributed by atoms with Gasteiger partial charge in [0.15, 0.2) is 0 Å². The maximum absolute atomic E-state index is 13.2. The van der Waals surface area contributed by atoms with Crippen molar-refractivity contribution >= 4 is 17.7 Å². The molecule has 0 fully saturated rings. The van der Waals surface area contributed by atoms with Crippen molar-refractivity contribution in [3.05, 3.63) is 101 Å². The van der Waals surface area contributed by atoms with E-state index >= 15 is 0 Å². The van der Waals surface area contributed by atoms with Gasteiger partial charge in [-0.3, -0.25) is 14.4 Å². The highest BCUT2D eigenvalue weighted by Crippen LogP contribution is 2.18. The molecule has 3 amide bonds. The summed E-state index contributed by atoms with van der Waals surface area (Å²) in [5, 5.41) is 0. The van der Waals surface area contributed by atoms with E-state index in [-0.39, 0.29) is 16.7 Å². The Balaban J connectivity index is 2.03. The van der Waals surface area contributed by atoms with Crippen LogP contribution in [0.3, 0.4) is 0 Å². The number of carbonyl (C=O) groups is 3. The molecule has 0 aliphatic carbocycles. The number of nitrogens with zero attached hydrogens (tertiary/aromatic N) is 1. The molecule has 3 aromatic carbocycles. The number of imide groups is 3. The first kappa shape index (κ1) is 20.0. The normalized spacial score (nSPS) is 10.3. The van der Waals surface area contributed by atoms with Crippen LogP contribution in [0.25, 0.3) is 0 Å². The monoisotopic (exact) mass is 387 g/mol. The van der Waals surface area contributed by atoms with Crippen molar-refractivity contribution in [3.63, 3.8) is 0 Å². The van der Waals surface area contributed by atoms with Crippen LogP contribution in [0.5, 0.6) is 5.75 Å². The van der Waals surface area contributed by atoms with E-state index in [1.807, 2.05) is 13.8 Å². The largest absolute Gasteiger partial charge is 0.497 e. The standard InChI is InChI=1S/C24H21NO4/c1-16-4-8-18(9-5-16)22(26)25(23(27)19-10-6-17(2)7-11-19)24(28)20-12-14-21(29-3)15-13-20/h4-15H,1-3H3. The molecule has 0 spiro atoms. The Morgan fingerprint density at radius 1 is 0.586 bits per heavy atom. The number of ether oxygens (including phenoxy) is 1. The van der Waals surface area contributed by atoms with E-state index in [9.17, 15) is 14.4 Å². The zero-order valence-corrected chi connectivity index (χ0v) is 16.5. The fourth-order valence-corrected chi connectivity index (χ4v) is 2.79. The van der Waals surface area contributed by atoms with Crippen LogP contribution in [0.1, 0.15) is 42.2 Å². The average molecular weight is 387 g/mol. The lowest BCUT2D eigenvalue weighted by molar-refractivity contribution is 0.0538. The third-order valence-corrected chi connectivity index (χ3v) is 4.54. The molecule has 0 saturated carbocycles. The second-order valence-electron chi connectivity index (χ2n) is 6.71. The first-order chi connectivity index (χ1) is 13.9. The molecule has 29 heavy (non-hydrogen) atoms. The Morgan fingerprint density at radius 3 is 1.21 bits per heavy atom. The summed E-state index contributed by atoms with van der Waals surface area (Å²) in [7, 11) is 1.52. The minimum Gasteiger partial charge on any atom is -0.497 e. The van der Waals surface area contributed by atoms with Gasteiger partial charge in [0.25, 0.3) is 17.7 Å². The van der Waals surface area contributed by atoms with Crippen LogP contribution in [0.2, 0.25) is 0 Å². The van der Waals surface area contributed by atoms with Crippen LogP contribution in [0.4, 0.5) is 0 Å². The van der Waals surface area contributed by atoms with E-state index in [0.717, 1.165) is 11.1 Å². The van der Waals surface area contributed by atoms with E-state index in [0.29, 0.717) is 10.6 Å². The van der Waals surface area contributed by atoms with Gasteiger partial charge in [-0.2, -0.15) is 0 Å². The van der Waals surface area contributed by atoms with E-state index in [1.54, 1.807) is 60.7 Å². The summed E-state index contributed by atoms with van der Waals surface area (Å²) in [5.41, 5.74) is 2.68. The lowest BCUT2D eigenvalue weighted by Gasteiger charge is -2.20.